The van der Waals surface area contributed by atoms with E-state index in [4.69, 9.17) is 23.7 Å². The molecule has 16 heteroatoms. The van der Waals surface area contributed by atoms with Gasteiger partial charge in [-0.15, -0.1) is 0 Å². The van der Waals surface area contributed by atoms with Gasteiger partial charge in [-0.2, -0.15) is 0 Å². The lowest BCUT2D eigenvalue weighted by Gasteiger charge is -2.47. The summed E-state index contributed by atoms with van der Waals surface area (Å²) in [4.78, 5) is 0. The summed E-state index contributed by atoms with van der Waals surface area (Å²) in [6.45, 7) is -1.32. The third-order valence-electron chi connectivity index (χ3n) is 6.55. The molecule has 2 heterocycles. The first-order chi connectivity index (χ1) is 16.4. The van der Waals surface area contributed by atoms with Gasteiger partial charge in [0.25, 0.3) is 0 Å². The molecule has 0 bridgehead atoms. The van der Waals surface area contributed by atoms with Crippen LogP contribution in [0, 0.1) is 0 Å². The van der Waals surface area contributed by atoms with Crippen molar-refractivity contribution in [2.24, 2.45) is 0 Å². The SMILES string of the molecule is CO[C@H]1[C@H](O)[C@@H](O)[C@H](O)[C@H](O)[C@@H]1O[C@H]1O[C@H](CO[C@H]2O[C@H](CO)[C@H](O)[C@H](O)[C@H]2O)[C@H](O)[C@H](O)[C@H]1O. The molecular weight excluding hydrogens is 484 g/mol. The van der Waals surface area contributed by atoms with E-state index >= 15 is 0 Å². The lowest BCUT2D eigenvalue weighted by molar-refractivity contribution is -0.352. The van der Waals surface area contributed by atoms with Crippen LogP contribution in [-0.4, -0.2) is 175 Å². The summed E-state index contributed by atoms with van der Waals surface area (Å²) in [7, 11) is 1.13. The molecule has 3 fully saturated rings. The normalized spacial score (nSPS) is 53.5. The summed E-state index contributed by atoms with van der Waals surface area (Å²) < 4.78 is 26.5. The van der Waals surface area contributed by atoms with Crippen LogP contribution >= 0.6 is 0 Å². The molecule has 3 aliphatic rings. The molecule has 3 rings (SSSR count). The van der Waals surface area contributed by atoms with Crippen molar-refractivity contribution in [1.29, 1.82) is 0 Å². The molecule has 0 amide bonds. The van der Waals surface area contributed by atoms with E-state index < -0.39 is 111 Å². The van der Waals surface area contributed by atoms with E-state index in [0.717, 1.165) is 7.11 Å². The van der Waals surface area contributed by atoms with Gasteiger partial charge in [0, 0.05) is 7.11 Å². The van der Waals surface area contributed by atoms with Crippen molar-refractivity contribution in [1.82, 2.24) is 0 Å². The van der Waals surface area contributed by atoms with Gasteiger partial charge in [-0.25, -0.2) is 0 Å². The second-order valence-corrected chi connectivity index (χ2v) is 8.81. The van der Waals surface area contributed by atoms with Gasteiger partial charge in [0.1, 0.15) is 85.5 Å². The highest BCUT2D eigenvalue weighted by Crippen LogP contribution is 2.31. The minimum absolute atomic E-state index is 0.613. The highest BCUT2D eigenvalue weighted by Gasteiger charge is 2.53. The highest BCUT2D eigenvalue weighted by molar-refractivity contribution is 5.01. The fourth-order valence-electron chi connectivity index (χ4n) is 4.33. The fourth-order valence-corrected chi connectivity index (χ4v) is 4.33. The van der Waals surface area contributed by atoms with Crippen LogP contribution in [0.25, 0.3) is 0 Å². The van der Waals surface area contributed by atoms with Crippen molar-refractivity contribution in [2.75, 3.05) is 20.3 Å². The maximum absolute atomic E-state index is 10.3. The molecule has 0 radical (unpaired) electrons. The number of ether oxygens (including phenoxy) is 5. The average Bonchev–Trinajstić information content (AvgIpc) is 2.85. The van der Waals surface area contributed by atoms with Crippen molar-refractivity contribution in [2.45, 2.75) is 98.0 Å². The number of rotatable bonds is 7. The Morgan fingerprint density at radius 1 is 0.543 bits per heavy atom. The molecule has 35 heavy (non-hydrogen) atoms. The van der Waals surface area contributed by atoms with Crippen molar-refractivity contribution in [3.8, 4) is 0 Å². The topological polar surface area (TPSA) is 269 Å². The molecule has 16 atom stereocenters. The van der Waals surface area contributed by atoms with Crippen LogP contribution in [0.15, 0.2) is 0 Å². The molecule has 206 valence electrons. The summed E-state index contributed by atoms with van der Waals surface area (Å²) in [5.74, 6) is 0. The summed E-state index contributed by atoms with van der Waals surface area (Å²) >= 11 is 0. The fraction of sp³-hybridized carbons (Fsp3) is 1.00. The van der Waals surface area contributed by atoms with E-state index in [0.29, 0.717) is 0 Å². The van der Waals surface area contributed by atoms with Gasteiger partial charge < -0.3 is 79.9 Å². The average molecular weight is 518 g/mol. The molecule has 16 nitrogen and oxygen atoms in total. The Morgan fingerprint density at radius 2 is 1.00 bits per heavy atom. The van der Waals surface area contributed by atoms with E-state index in [9.17, 15) is 56.2 Å². The van der Waals surface area contributed by atoms with E-state index in [2.05, 4.69) is 0 Å². The summed E-state index contributed by atoms with van der Waals surface area (Å²) in [5.41, 5.74) is 0. The van der Waals surface area contributed by atoms with Crippen LogP contribution in [0.1, 0.15) is 0 Å². The first kappa shape index (κ1) is 28.9. The third-order valence-corrected chi connectivity index (χ3v) is 6.55. The quantitative estimate of drug-likeness (QED) is 0.149. The van der Waals surface area contributed by atoms with Crippen molar-refractivity contribution < 1.29 is 79.9 Å². The van der Waals surface area contributed by atoms with E-state index in [-0.39, 0.29) is 0 Å². The molecule has 2 aliphatic heterocycles. The summed E-state index contributed by atoms with van der Waals surface area (Å²) in [5, 5.41) is 110. The van der Waals surface area contributed by atoms with Crippen LogP contribution < -0.4 is 0 Å². The Labute approximate surface area is 199 Å². The largest absolute Gasteiger partial charge is 0.394 e. The van der Waals surface area contributed by atoms with Crippen molar-refractivity contribution in [3.63, 3.8) is 0 Å². The minimum atomic E-state index is -1.88. The molecule has 1 aliphatic carbocycles. The second kappa shape index (κ2) is 11.8. The van der Waals surface area contributed by atoms with Gasteiger partial charge in [-0.05, 0) is 0 Å². The molecule has 0 unspecified atom stereocenters. The van der Waals surface area contributed by atoms with Gasteiger partial charge >= 0.3 is 0 Å². The zero-order chi connectivity index (χ0) is 26.2. The third kappa shape index (κ3) is 5.63. The number of aliphatic hydroxyl groups excluding tert-OH is 11. The van der Waals surface area contributed by atoms with Crippen LogP contribution in [0.2, 0.25) is 0 Å². The Bertz CT molecular complexity index is 669. The molecule has 0 aromatic carbocycles. The molecular formula is C19H34O16. The molecule has 2 saturated heterocycles. The number of hydrogen-bond acceptors (Lipinski definition) is 16. The number of aliphatic hydroxyl groups is 11. The minimum Gasteiger partial charge on any atom is -0.394 e. The highest BCUT2D eigenvalue weighted by atomic mass is 16.7. The summed E-state index contributed by atoms with van der Waals surface area (Å²) in [6.07, 6.45) is -26.6. The predicted molar refractivity (Wildman–Crippen MR) is 106 cm³/mol. The standard InChI is InChI=1S/C19H34O16/c1-31-16-12(27)10(25)11(26)13(28)17(16)35-19-15(30)9(24)7(22)5(34-19)3-32-18-14(29)8(23)6(21)4(2-20)33-18/h4-30H,2-3H2,1H3/t4-,5-,6+,7+,8+,9+,10+,11+,12-,13+,14-,15-,16+,17+,18+,19-/m1/s1. The van der Waals surface area contributed by atoms with Gasteiger partial charge in [-0.1, -0.05) is 0 Å². The van der Waals surface area contributed by atoms with E-state index in [1.807, 2.05) is 0 Å². The lowest BCUT2D eigenvalue weighted by atomic mass is 9.84. The van der Waals surface area contributed by atoms with E-state index in [1.54, 1.807) is 0 Å². The van der Waals surface area contributed by atoms with Crippen LogP contribution in [-0.2, 0) is 23.7 Å². The van der Waals surface area contributed by atoms with Gasteiger partial charge in [0.05, 0.1) is 13.2 Å². The van der Waals surface area contributed by atoms with Gasteiger partial charge in [0.15, 0.2) is 12.6 Å². The van der Waals surface area contributed by atoms with Gasteiger partial charge in [-0.3, -0.25) is 0 Å². The Balaban J connectivity index is 1.69. The van der Waals surface area contributed by atoms with Crippen molar-refractivity contribution >= 4 is 0 Å². The zero-order valence-corrected chi connectivity index (χ0v) is 18.6. The maximum Gasteiger partial charge on any atom is 0.187 e. The van der Waals surface area contributed by atoms with Crippen LogP contribution in [0.3, 0.4) is 0 Å². The summed E-state index contributed by atoms with van der Waals surface area (Å²) in [6, 6.07) is 0. The van der Waals surface area contributed by atoms with Crippen LogP contribution in [0.4, 0.5) is 0 Å². The molecule has 11 N–H and O–H groups in total. The molecule has 1 saturated carbocycles. The maximum atomic E-state index is 10.3. The zero-order valence-electron chi connectivity index (χ0n) is 18.6. The lowest BCUT2D eigenvalue weighted by Crippen LogP contribution is -2.67. The van der Waals surface area contributed by atoms with Gasteiger partial charge in [0.2, 0.25) is 0 Å². The van der Waals surface area contributed by atoms with Crippen molar-refractivity contribution in [3.05, 3.63) is 0 Å². The Hall–Kier alpha value is -0.640. The molecule has 0 aromatic heterocycles. The number of methoxy groups -OCH3 is 1. The number of hydrogen-bond donors (Lipinski definition) is 11. The Kier molecular flexibility index (Phi) is 9.77. The second-order valence-electron chi connectivity index (χ2n) is 8.81. The van der Waals surface area contributed by atoms with E-state index in [1.165, 1.54) is 0 Å². The first-order valence-corrected chi connectivity index (χ1v) is 11.0. The Morgan fingerprint density at radius 3 is 1.54 bits per heavy atom. The predicted octanol–water partition coefficient (Wildman–Crippen LogP) is -7.53. The molecule has 0 spiro atoms. The smallest absolute Gasteiger partial charge is 0.187 e. The van der Waals surface area contributed by atoms with Crippen LogP contribution in [0.5, 0.6) is 0 Å². The molecule has 0 aromatic rings. The first-order valence-electron chi connectivity index (χ1n) is 11.0. The monoisotopic (exact) mass is 518 g/mol.